The molecule has 10 nitrogen and oxygen atoms in total. The van der Waals surface area contributed by atoms with Crippen LogP contribution in [0.2, 0.25) is 0 Å². The number of rotatable bonds is 10. The summed E-state index contributed by atoms with van der Waals surface area (Å²) in [6.45, 7) is 0. The second kappa shape index (κ2) is 12.8. The molecule has 4 N–H and O–H groups in total. The lowest BCUT2D eigenvalue weighted by atomic mass is 10.0. The summed E-state index contributed by atoms with van der Waals surface area (Å²) < 4.78 is 21.9. The first kappa shape index (κ1) is 28.3. The van der Waals surface area contributed by atoms with Gasteiger partial charge in [0.15, 0.2) is 11.5 Å². The van der Waals surface area contributed by atoms with Crippen LogP contribution in [0.15, 0.2) is 60.7 Å². The maximum Gasteiger partial charge on any atom is 0.241 e. The minimum Gasteiger partial charge on any atom is -0.495 e. The molecule has 1 amide bonds. The van der Waals surface area contributed by atoms with Gasteiger partial charge in [-0.2, -0.15) is 0 Å². The summed E-state index contributed by atoms with van der Waals surface area (Å²) in [5.41, 5.74) is 10.2. The number of nitrogens with zero attached hydrogens (tertiary/aromatic N) is 2. The molecule has 3 aromatic carbocycles. The Morgan fingerprint density at radius 1 is 0.895 bits per heavy atom. The number of nitrogens with one attached hydrogen (secondary N) is 2. The zero-order valence-electron chi connectivity index (χ0n) is 21.5. The molecule has 11 heteroatoms. The molecular formula is C27H30ClN5O5. The highest BCUT2D eigenvalue weighted by Crippen LogP contribution is 2.42. The van der Waals surface area contributed by atoms with E-state index in [9.17, 15) is 4.79 Å². The molecule has 0 spiro atoms. The van der Waals surface area contributed by atoms with Crippen molar-refractivity contribution in [2.24, 2.45) is 5.73 Å². The van der Waals surface area contributed by atoms with E-state index in [-0.39, 0.29) is 18.3 Å². The summed E-state index contributed by atoms with van der Waals surface area (Å²) in [5, 5.41) is 14.1. The molecule has 200 valence electrons. The normalized spacial score (nSPS) is 11.2. The van der Waals surface area contributed by atoms with Gasteiger partial charge in [0, 0.05) is 11.1 Å². The SMILES string of the molecule is COc1ccc(-c2[nH]nnc2-c2cc(OC)c(OC)c(OC)c2)cc1NC(=O)C(N)Cc1ccccc1.Cl. The molecule has 0 radical (unpaired) electrons. The molecule has 38 heavy (non-hydrogen) atoms. The van der Waals surface area contributed by atoms with Crippen LogP contribution in [-0.4, -0.2) is 55.8 Å². The Labute approximate surface area is 226 Å². The number of aromatic nitrogens is 3. The summed E-state index contributed by atoms with van der Waals surface area (Å²) in [5.74, 6) is 1.61. The quantitative estimate of drug-likeness (QED) is 0.274. The Kier molecular flexibility index (Phi) is 9.53. The van der Waals surface area contributed by atoms with Crippen molar-refractivity contribution in [2.45, 2.75) is 12.5 Å². The summed E-state index contributed by atoms with van der Waals surface area (Å²) in [6, 6.07) is 17.8. The Hall–Kier alpha value is -4.28. The predicted octanol–water partition coefficient (Wildman–Crippen LogP) is 4.10. The van der Waals surface area contributed by atoms with Gasteiger partial charge in [-0.3, -0.25) is 9.89 Å². The maximum absolute atomic E-state index is 12.9. The van der Waals surface area contributed by atoms with Crippen molar-refractivity contribution in [3.63, 3.8) is 0 Å². The molecule has 1 atom stereocenters. The van der Waals surface area contributed by atoms with Crippen LogP contribution in [-0.2, 0) is 11.2 Å². The molecule has 1 heterocycles. The lowest BCUT2D eigenvalue weighted by Crippen LogP contribution is -2.37. The van der Waals surface area contributed by atoms with Crippen LogP contribution in [0.5, 0.6) is 23.0 Å². The standard InChI is InChI=1S/C27H29N5O5.ClH/c1-34-21-11-10-17(13-20(21)29-27(33)19(28)12-16-8-6-5-7-9-16)24-25(31-32-30-24)18-14-22(35-2)26(37-4)23(15-18)36-3;/h5-11,13-15,19H,12,28H2,1-4H3,(H,29,33)(H,30,31,32);1H. The molecule has 0 aliphatic rings. The Morgan fingerprint density at radius 2 is 1.55 bits per heavy atom. The molecule has 4 rings (SSSR count). The van der Waals surface area contributed by atoms with Crippen LogP contribution in [0.1, 0.15) is 5.56 Å². The first-order valence-corrected chi connectivity index (χ1v) is 11.5. The number of carbonyl (C=O) groups is 1. The van der Waals surface area contributed by atoms with Crippen molar-refractivity contribution >= 4 is 24.0 Å². The Bertz CT molecular complexity index is 1350. The molecule has 0 saturated carbocycles. The fourth-order valence-corrected chi connectivity index (χ4v) is 4.00. The number of halogens is 1. The van der Waals surface area contributed by atoms with E-state index in [1.54, 1.807) is 45.6 Å². The Balaban J connectivity index is 0.00000400. The number of hydrogen-bond acceptors (Lipinski definition) is 8. The number of amides is 1. The highest BCUT2D eigenvalue weighted by molar-refractivity contribution is 5.97. The number of aromatic amines is 1. The van der Waals surface area contributed by atoms with Crippen LogP contribution in [0.4, 0.5) is 5.69 Å². The van der Waals surface area contributed by atoms with Gasteiger partial charge in [0.05, 0.1) is 45.9 Å². The van der Waals surface area contributed by atoms with E-state index in [4.69, 9.17) is 24.7 Å². The van der Waals surface area contributed by atoms with Gasteiger partial charge in [-0.25, -0.2) is 0 Å². The van der Waals surface area contributed by atoms with Crippen molar-refractivity contribution in [2.75, 3.05) is 33.8 Å². The topological polar surface area (TPSA) is 134 Å². The van der Waals surface area contributed by atoms with Crippen LogP contribution in [0, 0.1) is 0 Å². The van der Waals surface area contributed by atoms with Gasteiger partial charge in [-0.15, -0.1) is 17.5 Å². The number of anilines is 1. The largest absolute Gasteiger partial charge is 0.495 e. The number of ether oxygens (including phenoxy) is 4. The van der Waals surface area contributed by atoms with Crippen LogP contribution >= 0.6 is 12.4 Å². The van der Waals surface area contributed by atoms with Gasteiger partial charge < -0.3 is 30.0 Å². The minimum atomic E-state index is -0.737. The Morgan fingerprint density at radius 3 is 2.16 bits per heavy atom. The second-order valence-corrected chi connectivity index (χ2v) is 8.15. The van der Waals surface area contributed by atoms with Crippen LogP contribution in [0.3, 0.4) is 0 Å². The lowest BCUT2D eigenvalue weighted by Gasteiger charge is -2.16. The van der Waals surface area contributed by atoms with Gasteiger partial charge in [0.2, 0.25) is 11.7 Å². The molecular weight excluding hydrogens is 510 g/mol. The second-order valence-electron chi connectivity index (χ2n) is 8.15. The molecule has 1 unspecified atom stereocenters. The third-order valence-electron chi connectivity index (χ3n) is 5.87. The summed E-state index contributed by atoms with van der Waals surface area (Å²) in [6.07, 6.45) is 0.407. The molecule has 4 aromatic rings. The zero-order chi connectivity index (χ0) is 26.4. The van der Waals surface area contributed by atoms with Gasteiger partial charge in [-0.05, 0) is 42.3 Å². The van der Waals surface area contributed by atoms with Crippen molar-refractivity contribution in [1.82, 2.24) is 15.4 Å². The highest BCUT2D eigenvalue weighted by atomic mass is 35.5. The average Bonchev–Trinajstić information content (AvgIpc) is 3.42. The molecule has 1 aromatic heterocycles. The third-order valence-corrected chi connectivity index (χ3v) is 5.87. The van der Waals surface area contributed by atoms with Crippen molar-refractivity contribution in [3.8, 4) is 45.5 Å². The van der Waals surface area contributed by atoms with Crippen molar-refractivity contribution in [1.29, 1.82) is 0 Å². The number of carbonyl (C=O) groups excluding carboxylic acids is 1. The summed E-state index contributed by atoms with van der Waals surface area (Å²) in [4.78, 5) is 12.9. The summed E-state index contributed by atoms with van der Waals surface area (Å²) >= 11 is 0. The third kappa shape index (κ3) is 5.99. The van der Waals surface area contributed by atoms with Crippen molar-refractivity contribution in [3.05, 3.63) is 66.2 Å². The predicted molar refractivity (Wildman–Crippen MR) is 147 cm³/mol. The summed E-state index contributed by atoms with van der Waals surface area (Å²) in [7, 11) is 6.17. The van der Waals surface area contributed by atoms with Gasteiger partial charge in [0.1, 0.15) is 11.4 Å². The van der Waals surface area contributed by atoms with E-state index < -0.39 is 6.04 Å². The monoisotopic (exact) mass is 539 g/mol. The fraction of sp³-hybridized carbons (Fsp3) is 0.222. The van der Waals surface area contributed by atoms with E-state index in [1.165, 1.54) is 7.11 Å². The molecule has 0 fully saturated rings. The van der Waals surface area contributed by atoms with E-state index in [1.807, 2.05) is 36.4 Å². The van der Waals surface area contributed by atoms with Gasteiger partial charge >= 0.3 is 0 Å². The maximum atomic E-state index is 12.9. The number of H-pyrrole nitrogens is 1. The number of benzene rings is 3. The highest BCUT2D eigenvalue weighted by Gasteiger charge is 2.21. The number of methoxy groups -OCH3 is 4. The fourth-order valence-electron chi connectivity index (χ4n) is 4.00. The van der Waals surface area contributed by atoms with Gasteiger partial charge in [0.25, 0.3) is 0 Å². The number of nitrogens with two attached hydrogens (primary N) is 1. The molecule has 0 saturated heterocycles. The van der Waals surface area contributed by atoms with Crippen LogP contribution < -0.4 is 30.0 Å². The lowest BCUT2D eigenvalue weighted by molar-refractivity contribution is -0.117. The minimum absolute atomic E-state index is 0. The van der Waals surface area contributed by atoms with E-state index in [0.29, 0.717) is 52.1 Å². The van der Waals surface area contributed by atoms with E-state index >= 15 is 0 Å². The van der Waals surface area contributed by atoms with Crippen LogP contribution in [0.25, 0.3) is 22.5 Å². The zero-order valence-corrected chi connectivity index (χ0v) is 22.3. The van der Waals surface area contributed by atoms with Gasteiger partial charge in [-0.1, -0.05) is 35.5 Å². The van der Waals surface area contributed by atoms with E-state index in [2.05, 4.69) is 20.7 Å². The van der Waals surface area contributed by atoms with E-state index in [0.717, 1.165) is 11.1 Å². The van der Waals surface area contributed by atoms with Crippen molar-refractivity contribution < 1.29 is 23.7 Å². The number of hydrogen-bond donors (Lipinski definition) is 3. The average molecular weight is 540 g/mol. The smallest absolute Gasteiger partial charge is 0.241 e. The molecule has 0 bridgehead atoms. The molecule has 0 aliphatic carbocycles. The first-order valence-electron chi connectivity index (χ1n) is 11.5. The first-order chi connectivity index (χ1) is 18.0. The molecule has 0 aliphatic heterocycles.